The molecular weight excluding hydrogens is 214 g/mol. The fraction of sp³-hybridized carbons (Fsp3) is 0.154. The minimum atomic E-state index is 0.424. The molecule has 0 aliphatic carbocycles. The van der Waals surface area contributed by atoms with Crippen LogP contribution in [0.2, 0.25) is 0 Å². The average Bonchev–Trinajstić information content (AvgIpc) is 2.37. The number of hydrogen-bond acceptors (Lipinski definition) is 4. The molecule has 0 unspecified atom stereocenters. The maximum absolute atomic E-state index is 5.11. The number of aromatic nitrogens is 3. The van der Waals surface area contributed by atoms with Crippen LogP contribution in [0.3, 0.4) is 0 Å². The van der Waals surface area contributed by atoms with Gasteiger partial charge in [0.05, 0.1) is 19.0 Å². The van der Waals surface area contributed by atoms with Gasteiger partial charge in [-0.05, 0) is 31.0 Å². The lowest BCUT2D eigenvalue weighted by Crippen LogP contribution is -1.93. The zero-order chi connectivity index (χ0) is 12.1. The van der Waals surface area contributed by atoms with Gasteiger partial charge in [0.25, 0.3) is 0 Å². The Morgan fingerprint density at radius 1 is 1.24 bits per heavy atom. The lowest BCUT2D eigenvalue weighted by molar-refractivity contribution is 0.414. The third-order valence-electron chi connectivity index (χ3n) is 2.07. The van der Waals surface area contributed by atoms with Crippen LogP contribution in [0.1, 0.15) is 17.1 Å². The predicted molar refractivity (Wildman–Crippen MR) is 63.5 cm³/mol. The molecule has 4 heteroatoms. The lowest BCUT2D eigenvalue weighted by Gasteiger charge is -1.98. The summed E-state index contributed by atoms with van der Waals surface area (Å²) in [7, 11) is 1.63. The van der Waals surface area contributed by atoms with Crippen molar-refractivity contribution in [1.29, 1.82) is 0 Å². The Morgan fingerprint density at radius 2 is 2.12 bits per heavy atom. The number of ether oxygens (including phenoxy) is 1. The van der Waals surface area contributed by atoms with Crippen molar-refractivity contribution < 1.29 is 4.74 Å². The van der Waals surface area contributed by atoms with Gasteiger partial charge in [0, 0.05) is 5.56 Å². The second-order valence-corrected chi connectivity index (χ2v) is 3.40. The monoisotopic (exact) mass is 225 g/mol. The molecule has 2 aromatic rings. The maximum atomic E-state index is 5.11. The summed E-state index contributed by atoms with van der Waals surface area (Å²) >= 11 is 0. The molecule has 0 saturated carbocycles. The highest BCUT2D eigenvalue weighted by Crippen LogP contribution is 2.11. The van der Waals surface area contributed by atoms with E-state index in [4.69, 9.17) is 4.74 Å². The first-order chi connectivity index (χ1) is 8.28. The second kappa shape index (κ2) is 5.08. The number of aryl methyl sites for hydroxylation is 1. The molecule has 0 amide bonds. The quantitative estimate of drug-likeness (QED) is 0.691. The van der Waals surface area contributed by atoms with Gasteiger partial charge >= 0.3 is 0 Å². The Hall–Kier alpha value is -2.41. The Bertz CT molecular complexity index is 584. The van der Waals surface area contributed by atoms with Gasteiger partial charge in [-0.25, -0.2) is 4.98 Å². The molecule has 0 aliphatic rings. The maximum Gasteiger partial charge on any atom is 0.226 e. The Morgan fingerprint density at radius 3 is 2.88 bits per heavy atom. The fourth-order valence-electron chi connectivity index (χ4n) is 1.27. The Kier molecular flexibility index (Phi) is 3.31. The zero-order valence-electron chi connectivity index (χ0n) is 9.64. The minimum absolute atomic E-state index is 0.424. The van der Waals surface area contributed by atoms with E-state index in [1.54, 1.807) is 13.3 Å². The predicted octanol–water partition coefficient (Wildman–Crippen LogP) is 1.59. The summed E-state index contributed by atoms with van der Waals surface area (Å²) in [5.74, 6) is 7.03. The number of nitrogens with zero attached hydrogens (tertiary/aromatic N) is 3. The third kappa shape index (κ3) is 3.02. The van der Waals surface area contributed by atoms with Gasteiger partial charge in [0.15, 0.2) is 0 Å². The van der Waals surface area contributed by atoms with Crippen LogP contribution in [0.15, 0.2) is 30.5 Å². The van der Waals surface area contributed by atoms with Crippen molar-refractivity contribution in [3.63, 3.8) is 0 Å². The molecule has 2 rings (SSSR count). The molecule has 17 heavy (non-hydrogen) atoms. The smallest absolute Gasteiger partial charge is 0.226 e. The second-order valence-electron chi connectivity index (χ2n) is 3.40. The van der Waals surface area contributed by atoms with Crippen LogP contribution in [0, 0.1) is 18.8 Å². The van der Waals surface area contributed by atoms with Crippen LogP contribution >= 0.6 is 0 Å². The Balaban J connectivity index is 2.26. The molecule has 0 radical (unpaired) electrons. The molecule has 1 heterocycles. The van der Waals surface area contributed by atoms with Crippen molar-refractivity contribution in [3.8, 4) is 17.6 Å². The van der Waals surface area contributed by atoms with Gasteiger partial charge in [0.1, 0.15) is 5.75 Å². The topological polar surface area (TPSA) is 47.9 Å². The SMILES string of the molecule is COc1cccc(C#Cc2nncc(C)n2)c1. The van der Waals surface area contributed by atoms with Gasteiger partial charge in [-0.2, -0.15) is 5.10 Å². The summed E-state index contributed by atoms with van der Waals surface area (Å²) in [5.41, 5.74) is 1.66. The van der Waals surface area contributed by atoms with Gasteiger partial charge in [-0.1, -0.05) is 12.0 Å². The molecule has 84 valence electrons. The highest BCUT2D eigenvalue weighted by molar-refractivity contribution is 5.42. The molecule has 4 nitrogen and oxygen atoms in total. The fourth-order valence-corrected chi connectivity index (χ4v) is 1.27. The number of hydrogen-bond donors (Lipinski definition) is 0. The normalized spacial score (nSPS) is 9.29. The van der Waals surface area contributed by atoms with Crippen molar-refractivity contribution in [1.82, 2.24) is 15.2 Å². The number of benzene rings is 1. The van der Waals surface area contributed by atoms with Gasteiger partial charge in [-0.3, -0.25) is 0 Å². The molecule has 0 bridgehead atoms. The molecule has 1 aromatic carbocycles. The summed E-state index contributed by atoms with van der Waals surface area (Å²) in [6.45, 7) is 1.85. The average molecular weight is 225 g/mol. The van der Waals surface area contributed by atoms with Crippen LogP contribution in [0.5, 0.6) is 5.75 Å². The number of methoxy groups -OCH3 is 1. The van der Waals surface area contributed by atoms with E-state index in [-0.39, 0.29) is 0 Å². The van der Waals surface area contributed by atoms with Crippen LogP contribution in [0.25, 0.3) is 0 Å². The van der Waals surface area contributed by atoms with E-state index in [0.29, 0.717) is 5.82 Å². The van der Waals surface area contributed by atoms with Crippen LogP contribution in [-0.4, -0.2) is 22.3 Å². The van der Waals surface area contributed by atoms with E-state index in [9.17, 15) is 0 Å². The van der Waals surface area contributed by atoms with Crippen molar-refractivity contribution in [2.45, 2.75) is 6.92 Å². The first-order valence-electron chi connectivity index (χ1n) is 5.10. The van der Waals surface area contributed by atoms with E-state index in [2.05, 4.69) is 27.0 Å². The van der Waals surface area contributed by atoms with Gasteiger partial charge < -0.3 is 4.74 Å². The first kappa shape index (κ1) is 11.1. The highest BCUT2D eigenvalue weighted by atomic mass is 16.5. The summed E-state index contributed by atoms with van der Waals surface area (Å²) in [6, 6.07) is 7.52. The van der Waals surface area contributed by atoms with Crippen LogP contribution in [0.4, 0.5) is 0 Å². The number of rotatable bonds is 1. The van der Waals surface area contributed by atoms with Crippen LogP contribution in [-0.2, 0) is 0 Å². The van der Waals surface area contributed by atoms with Gasteiger partial charge in [0.2, 0.25) is 5.82 Å². The van der Waals surface area contributed by atoms with E-state index in [1.165, 1.54) is 0 Å². The van der Waals surface area contributed by atoms with Gasteiger partial charge in [-0.15, -0.1) is 5.10 Å². The van der Waals surface area contributed by atoms with Crippen molar-refractivity contribution in [2.75, 3.05) is 7.11 Å². The molecule has 0 N–H and O–H groups in total. The standard InChI is InChI=1S/C13H11N3O/c1-10-9-14-16-13(15-10)7-6-11-4-3-5-12(8-11)17-2/h3-5,8-9H,1-2H3. The molecule has 0 spiro atoms. The molecular formula is C13H11N3O. The van der Waals surface area contributed by atoms with E-state index < -0.39 is 0 Å². The zero-order valence-corrected chi connectivity index (χ0v) is 9.64. The Labute approximate surface area is 99.7 Å². The summed E-state index contributed by atoms with van der Waals surface area (Å²) in [5, 5.41) is 7.62. The van der Waals surface area contributed by atoms with Crippen molar-refractivity contribution in [3.05, 3.63) is 47.5 Å². The van der Waals surface area contributed by atoms with Crippen molar-refractivity contribution in [2.24, 2.45) is 0 Å². The molecule has 0 fully saturated rings. The molecule has 0 atom stereocenters. The minimum Gasteiger partial charge on any atom is -0.497 e. The van der Waals surface area contributed by atoms with Crippen molar-refractivity contribution >= 4 is 0 Å². The first-order valence-corrected chi connectivity index (χ1v) is 5.10. The summed E-state index contributed by atoms with van der Waals surface area (Å²) < 4.78 is 5.11. The van der Waals surface area contributed by atoms with E-state index in [0.717, 1.165) is 17.0 Å². The summed E-state index contributed by atoms with van der Waals surface area (Å²) in [6.07, 6.45) is 1.59. The van der Waals surface area contributed by atoms with Crippen LogP contribution < -0.4 is 4.74 Å². The summed E-state index contributed by atoms with van der Waals surface area (Å²) in [4.78, 5) is 4.15. The highest BCUT2D eigenvalue weighted by Gasteiger charge is 1.93. The van der Waals surface area contributed by atoms with E-state index >= 15 is 0 Å². The molecule has 0 saturated heterocycles. The lowest BCUT2D eigenvalue weighted by atomic mass is 10.2. The largest absolute Gasteiger partial charge is 0.497 e. The van der Waals surface area contributed by atoms with E-state index in [1.807, 2.05) is 31.2 Å². The molecule has 0 aliphatic heterocycles. The third-order valence-corrected chi connectivity index (χ3v) is 2.07. The molecule has 1 aromatic heterocycles.